The lowest BCUT2D eigenvalue weighted by Crippen LogP contribution is -2.43. The molecule has 23 heavy (non-hydrogen) atoms. The molecule has 0 aromatic carbocycles. The highest BCUT2D eigenvalue weighted by molar-refractivity contribution is 7.15. The van der Waals surface area contributed by atoms with Gasteiger partial charge in [0.15, 0.2) is 0 Å². The van der Waals surface area contributed by atoms with Crippen LogP contribution in [0.3, 0.4) is 0 Å². The van der Waals surface area contributed by atoms with E-state index in [9.17, 15) is 14.9 Å². The van der Waals surface area contributed by atoms with E-state index in [1.807, 2.05) is 20.8 Å². The fraction of sp³-hybridized carbons (Fsp3) is 0.667. The molecule has 128 valence electrons. The molecule has 1 atom stereocenters. The SMILES string of the molecule is CC(C)(C)OC(=O)N1CCCC1CNCc1ccc([N+](=O)[O-])s1. The number of ether oxygens (including phenoxy) is 1. The zero-order chi connectivity index (χ0) is 17.0. The summed E-state index contributed by atoms with van der Waals surface area (Å²) < 4.78 is 5.43. The minimum Gasteiger partial charge on any atom is -0.444 e. The zero-order valence-electron chi connectivity index (χ0n) is 13.7. The number of carbonyl (C=O) groups excluding carboxylic acids is 1. The predicted octanol–water partition coefficient (Wildman–Crippen LogP) is 3.15. The molecule has 8 heteroatoms. The number of nitrogens with zero attached hydrogens (tertiary/aromatic N) is 2. The first-order valence-electron chi connectivity index (χ1n) is 7.70. The Morgan fingerprint density at radius 2 is 2.26 bits per heavy atom. The standard InChI is InChI=1S/C15H23N3O4S/c1-15(2,3)22-14(19)17-8-4-5-11(17)9-16-10-12-6-7-13(23-12)18(20)21/h6-7,11,16H,4-5,8-10H2,1-3H3. The van der Waals surface area contributed by atoms with Gasteiger partial charge in [0.1, 0.15) is 5.60 Å². The lowest BCUT2D eigenvalue weighted by Gasteiger charge is -2.28. The molecule has 1 N–H and O–H groups in total. The van der Waals surface area contributed by atoms with Crippen LogP contribution in [0.1, 0.15) is 38.5 Å². The van der Waals surface area contributed by atoms with Gasteiger partial charge in [-0.3, -0.25) is 10.1 Å². The summed E-state index contributed by atoms with van der Waals surface area (Å²) in [6.45, 7) is 7.52. The summed E-state index contributed by atoms with van der Waals surface area (Å²) in [4.78, 5) is 25.2. The number of nitrogens with one attached hydrogen (secondary N) is 1. The largest absolute Gasteiger partial charge is 0.444 e. The number of amides is 1. The van der Waals surface area contributed by atoms with Gasteiger partial charge in [-0.1, -0.05) is 11.3 Å². The highest BCUT2D eigenvalue weighted by atomic mass is 32.1. The normalized spacial score (nSPS) is 18.2. The van der Waals surface area contributed by atoms with Gasteiger partial charge in [-0.15, -0.1) is 0 Å². The highest BCUT2D eigenvalue weighted by Crippen LogP contribution is 2.24. The van der Waals surface area contributed by atoms with Crippen LogP contribution < -0.4 is 5.32 Å². The van der Waals surface area contributed by atoms with Crippen LogP contribution in [0.5, 0.6) is 0 Å². The van der Waals surface area contributed by atoms with Crippen molar-refractivity contribution in [1.29, 1.82) is 0 Å². The third-order valence-corrected chi connectivity index (χ3v) is 4.55. The maximum Gasteiger partial charge on any atom is 0.410 e. The first kappa shape index (κ1) is 17.7. The summed E-state index contributed by atoms with van der Waals surface area (Å²) in [5, 5.41) is 14.1. The molecule has 1 aromatic heterocycles. The Morgan fingerprint density at radius 1 is 1.52 bits per heavy atom. The van der Waals surface area contributed by atoms with Crippen molar-refractivity contribution in [3.05, 3.63) is 27.1 Å². The number of rotatable bonds is 5. The van der Waals surface area contributed by atoms with E-state index in [1.54, 1.807) is 11.0 Å². The smallest absolute Gasteiger partial charge is 0.410 e. The molecule has 2 rings (SSSR count). The molecule has 0 aliphatic carbocycles. The molecule has 2 heterocycles. The van der Waals surface area contributed by atoms with Gasteiger partial charge in [0.25, 0.3) is 0 Å². The van der Waals surface area contributed by atoms with E-state index in [4.69, 9.17) is 4.74 Å². The Bertz CT molecular complexity index is 567. The zero-order valence-corrected chi connectivity index (χ0v) is 14.5. The van der Waals surface area contributed by atoms with Crippen molar-refractivity contribution in [2.24, 2.45) is 0 Å². The Hall–Kier alpha value is -1.67. The maximum absolute atomic E-state index is 12.2. The number of hydrogen-bond acceptors (Lipinski definition) is 6. The molecule has 7 nitrogen and oxygen atoms in total. The molecule has 0 radical (unpaired) electrons. The van der Waals surface area contributed by atoms with Crippen molar-refractivity contribution in [3.8, 4) is 0 Å². The predicted molar refractivity (Wildman–Crippen MR) is 88.6 cm³/mol. The summed E-state index contributed by atoms with van der Waals surface area (Å²) in [7, 11) is 0. The number of likely N-dealkylation sites (tertiary alicyclic amines) is 1. The van der Waals surface area contributed by atoms with Crippen LogP contribution in [-0.2, 0) is 11.3 Å². The van der Waals surface area contributed by atoms with Crippen molar-refractivity contribution < 1.29 is 14.5 Å². The molecular weight excluding hydrogens is 318 g/mol. The third-order valence-electron chi connectivity index (χ3n) is 3.51. The van der Waals surface area contributed by atoms with Crippen molar-refractivity contribution in [2.45, 2.75) is 51.8 Å². The van der Waals surface area contributed by atoms with Crippen molar-refractivity contribution in [3.63, 3.8) is 0 Å². The van der Waals surface area contributed by atoms with E-state index in [0.717, 1.165) is 17.7 Å². The van der Waals surface area contributed by atoms with Gasteiger partial charge >= 0.3 is 11.1 Å². The summed E-state index contributed by atoms with van der Waals surface area (Å²) in [5.74, 6) is 0. The second-order valence-corrected chi connectivity index (χ2v) is 7.74. The van der Waals surface area contributed by atoms with Crippen LogP contribution in [-0.4, -0.2) is 40.6 Å². The van der Waals surface area contributed by atoms with Crippen molar-refractivity contribution >= 4 is 22.4 Å². The van der Waals surface area contributed by atoms with Crippen LogP contribution in [0.25, 0.3) is 0 Å². The van der Waals surface area contributed by atoms with Gasteiger partial charge in [-0.25, -0.2) is 4.79 Å². The van der Waals surface area contributed by atoms with E-state index < -0.39 is 5.60 Å². The number of thiophene rings is 1. The summed E-state index contributed by atoms with van der Waals surface area (Å²) in [5.41, 5.74) is -0.493. The van der Waals surface area contributed by atoms with Crippen LogP contribution in [0.2, 0.25) is 0 Å². The van der Waals surface area contributed by atoms with E-state index in [0.29, 0.717) is 19.6 Å². The number of nitro groups is 1. The van der Waals surface area contributed by atoms with E-state index in [2.05, 4.69) is 5.32 Å². The van der Waals surface area contributed by atoms with Gasteiger partial charge in [0.2, 0.25) is 0 Å². The first-order valence-corrected chi connectivity index (χ1v) is 8.51. The number of carbonyl (C=O) groups is 1. The van der Waals surface area contributed by atoms with E-state index in [-0.39, 0.29) is 22.1 Å². The van der Waals surface area contributed by atoms with Crippen molar-refractivity contribution in [2.75, 3.05) is 13.1 Å². The first-order chi connectivity index (χ1) is 10.8. The fourth-order valence-electron chi connectivity index (χ4n) is 2.53. The quantitative estimate of drug-likeness (QED) is 0.657. The van der Waals surface area contributed by atoms with E-state index in [1.165, 1.54) is 17.4 Å². The fourth-order valence-corrected chi connectivity index (χ4v) is 3.32. The molecular formula is C15H23N3O4S. The minimum atomic E-state index is -0.493. The van der Waals surface area contributed by atoms with Crippen LogP contribution in [0.15, 0.2) is 12.1 Å². The summed E-state index contributed by atoms with van der Waals surface area (Å²) in [6.07, 6.45) is 1.64. The molecule has 1 unspecified atom stereocenters. The molecule has 1 saturated heterocycles. The second-order valence-electron chi connectivity index (χ2n) is 6.60. The van der Waals surface area contributed by atoms with Gasteiger partial charge in [0.05, 0.1) is 4.92 Å². The molecule has 0 saturated carbocycles. The average Bonchev–Trinajstić information content (AvgIpc) is 3.05. The van der Waals surface area contributed by atoms with Gasteiger partial charge < -0.3 is 15.0 Å². The monoisotopic (exact) mass is 341 g/mol. The van der Waals surface area contributed by atoms with E-state index >= 15 is 0 Å². The molecule has 1 aliphatic heterocycles. The molecule has 1 amide bonds. The van der Waals surface area contributed by atoms with Crippen LogP contribution in [0, 0.1) is 10.1 Å². The topological polar surface area (TPSA) is 84.7 Å². The third kappa shape index (κ3) is 5.18. The second kappa shape index (κ2) is 7.27. The average molecular weight is 341 g/mol. The Balaban J connectivity index is 1.82. The lowest BCUT2D eigenvalue weighted by atomic mass is 10.2. The maximum atomic E-state index is 12.2. The highest BCUT2D eigenvalue weighted by Gasteiger charge is 2.31. The molecule has 1 aliphatic rings. The summed E-state index contributed by atoms with van der Waals surface area (Å²) in [6, 6.07) is 3.39. The van der Waals surface area contributed by atoms with Crippen LogP contribution >= 0.6 is 11.3 Å². The molecule has 1 fully saturated rings. The molecule has 0 spiro atoms. The molecule has 1 aromatic rings. The Labute approximate surface area is 139 Å². The van der Waals surface area contributed by atoms with Gasteiger partial charge in [-0.05, 0) is 39.7 Å². The Morgan fingerprint density at radius 3 is 2.87 bits per heavy atom. The summed E-state index contributed by atoms with van der Waals surface area (Å²) >= 11 is 1.17. The van der Waals surface area contributed by atoms with Crippen molar-refractivity contribution in [1.82, 2.24) is 10.2 Å². The molecule has 0 bridgehead atoms. The lowest BCUT2D eigenvalue weighted by molar-refractivity contribution is -0.380. The Kier molecular flexibility index (Phi) is 5.59. The van der Waals surface area contributed by atoms with Crippen LogP contribution in [0.4, 0.5) is 9.80 Å². The minimum absolute atomic E-state index is 0.111. The van der Waals surface area contributed by atoms with Gasteiger partial charge in [-0.2, -0.15) is 0 Å². The number of hydrogen-bond donors (Lipinski definition) is 1. The van der Waals surface area contributed by atoms with Gasteiger partial charge in [0, 0.05) is 36.6 Å².